The summed E-state index contributed by atoms with van der Waals surface area (Å²) < 4.78 is 2.14. The molecule has 0 amide bonds. The van der Waals surface area contributed by atoms with Gasteiger partial charge in [-0.1, -0.05) is 27.7 Å². The zero-order chi connectivity index (χ0) is 10.7. The van der Waals surface area contributed by atoms with E-state index in [9.17, 15) is 0 Å². The normalized spacial score (nSPS) is 11.6. The quantitative estimate of drug-likeness (QED) is 0.724. The molecular weight excluding hydrogens is 198 g/mol. The van der Waals surface area contributed by atoms with Crippen LogP contribution >= 0.6 is 11.6 Å². The van der Waals surface area contributed by atoms with Crippen LogP contribution in [0.5, 0.6) is 0 Å². The second-order valence-corrected chi connectivity index (χ2v) is 4.53. The van der Waals surface area contributed by atoms with E-state index in [1.165, 1.54) is 0 Å². The molecule has 0 radical (unpaired) electrons. The molecule has 0 spiro atoms. The third kappa shape index (κ3) is 2.47. The van der Waals surface area contributed by atoms with Gasteiger partial charge in [-0.15, -0.1) is 21.8 Å². The minimum absolute atomic E-state index is 0.401. The van der Waals surface area contributed by atoms with Crippen molar-refractivity contribution in [1.29, 1.82) is 0 Å². The van der Waals surface area contributed by atoms with Crippen molar-refractivity contribution in [3.63, 3.8) is 0 Å². The molecule has 0 aliphatic rings. The molecule has 0 fully saturated rings. The highest BCUT2D eigenvalue weighted by molar-refractivity contribution is 6.16. The van der Waals surface area contributed by atoms with E-state index in [0.29, 0.717) is 17.7 Å². The topological polar surface area (TPSA) is 30.7 Å². The first-order valence-electron chi connectivity index (χ1n) is 5.04. The van der Waals surface area contributed by atoms with Crippen LogP contribution in [0, 0.1) is 5.92 Å². The third-order valence-corrected chi connectivity index (χ3v) is 2.28. The van der Waals surface area contributed by atoms with E-state index in [2.05, 4.69) is 42.5 Å². The van der Waals surface area contributed by atoms with Gasteiger partial charge in [-0.25, -0.2) is 0 Å². The van der Waals surface area contributed by atoms with Crippen molar-refractivity contribution in [2.45, 2.75) is 46.0 Å². The van der Waals surface area contributed by atoms with Crippen LogP contribution in [0.4, 0.5) is 0 Å². The van der Waals surface area contributed by atoms with Gasteiger partial charge >= 0.3 is 0 Å². The molecule has 0 saturated carbocycles. The highest BCUT2D eigenvalue weighted by Gasteiger charge is 2.14. The largest absolute Gasteiger partial charge is 0.313 e. The smallest absolute Gasteiger partial charge is 0.147 e. The molecule has 0 N–H and O–H groups in total. The number of alkyl halides is 1. The Labute approximate surface area is 90.5 Å². The van der Waals surface area contributed by atoms with Crippen molar-refractivity contribution in [2.24, 2.45) is 5.92 Å². The van der Waals surface area contributed by atoms with Gasteiger partial charge in [-0.3, -0.25) is 0 Å². The summed E-state index contributed by atoms with van der Waals surface area (Å²) in [6.07, 6.45) is 0. The summed E-state index contributed by atoms with van der Waals surface area (Å²) >= 11 is 5.81. The van der Waals surface area contributed by atoms with E-state index >= 15 is 0 Å². The van der Waals surface area contributed by atoms with Gasteiger partial charge < -0.3 is 4.57 Å². The SMILES string of the molecule is CC(C)Cn1c(CCl)nnc1C(C)C. The van der Waals surface area contributed by atoms with Crippen molar-refractivity contribution in [3.05, 3.63) is 11.6 Å². The molecule has 0 aliphatic heterocycles. The van der Waals surface area contributed by atoms with Crippen molar-refractivity contribution < 1.29 is 0 Å². The molecule has 1 rings (SSSR count). The average Bonchev–Trinajstić information content (AvgIpc) is 2.46. The Bertz CT molecular complexity index is 292. The van der Waals surface area contributed by atoms with Crippen LogP contribution in [0.3, 0.4) is 0 Å². The van der Waals surface area contributed by atoms with Gasteiger partial charge in [0, 0.05) is 12.5 Å². The predicted octanol–water partition coefficient (Wildman–Crippen LogP) is 2.80. The number of rotatable bonds is 4. The van der Waals surface area contributed by atoms with Gasteiger partial charge in [0.1, 0.15) is 11.6 Å². The first kappa shape index (κ1) is 11.5. The van der Waals surface area contributed by atoms with Gasteiger partial charge in [-0.2, -0.15) is 0 Å². The molecule has 14 heavy (non-hydrogen) atoms. The maximum atomic E-state index is 5.81. The Balaban J connectivity index is 3.00. The Morgan fingerprint density at radius 3 is 2.29 bits per heavy atom. The summed E-state index contributed by atoms with van der Waals surface area (Å²) in [6, 6.07) is 0. The molecule has 80 valence electrons. The molecule has 0 aliphatic carbocycles. The standard InChI is InChI=1S/C10H18ClN3/c1-7(2)6-14-9(5-11)12-13-10(14)8(3)4/h7-8H,5-6H2,1-4H3. The number of halogens is 1. The monoisotopic (exact) mass is 215 g/mol. The summed E-state index contributed by atoms with van der Waals surface area (Å²) in [6.45, 7) is 9.56. The number of nitrogens with zero attached hydrogens (tertiary/aromatic N) is 3. The van der Waals surface area contributed by atoms with Crippen molar-refractivity contribution in [1.82, 2.24) is 14.8 Å². The van der Waals surface area contributed by atoms with E-state index in [0.717, 1.165) is 18.2 Å². The summed E-state index contributed by atoms with van der Waals surface area (Å²) in [5.41, 5.74) is 0. The van der Waals surface area contributed by atoms with Crippen molar-refractivity contribution in [3.8, 4) is 0 Å². The molecule has 4 heteroatoms. The number of hydrogen-bond donors (Lipinski definition) is 0. The number of aromatic nitrogens is 3. The van der Waals surface area contributed by atoms with Crippen LogP contribution in [0.25, 0.3) is 0 Å². The Morgan fingerprint density at radius 2 is 1.86 bits per heavy atom. The molecule has 0 unspecified atom stereocenters. The molecule has 1 aromatic rings. The first-order chi connectivity index (χ1) is 6.56. The lowest BCUT2D eigenvalue weighted by atomic mass is 10.2. The molecule has 1 heterocycles. The lowest BCUT2D eigenvalue weighted by Crippen LogP contribution is -2.12. The zero-order valence-electron chi connectivity index (χ0n) is 9.29. The van der Waals surface area contributed by atoms with E-state index in [1.807, 2.05) is 0 Å². The zero-order valence-corrected chi connectivity index (χ0v) is 10.0. The lowest BCUT2D eigenvalue weighted by Gasteiger charge is -2.13. The minimum Gasteiger partial charge on any atom is -0.313 e. The second kappa shape index (κ2) is 4.78. The van der Waals surface area contributed by atoms with E-state index in [-0.39, 0.29) is 0 Å². The second-order valence-electron chi connectivity index (χ2n) is 4.27. The highest BCUT2D eigenvalue weighted by Crippen LogP contribution is 2.16. The van der Waals surface area contributed by atoms with Crippen LogP contribution in [0.15, 0.2) is 0 Å². The van der Waals surface area contributed by atoms with Crippen LogP contribution in [-0.4, -0.2) is 14.8 Å². The molecule has 0 saturated heterocycles. The van der Waals surface area contributed by atoms with E-state index in [1.54, 1.807) is 0 Å². The van der Waals surface area contributed by atoms with Crippen LogP contribution in [0.2, 0.25) is 0 Å². The highest BCUT2D eigenvalue weighted by atomic mass is 35.5. The summed E-state index contributed by atoms with van der Waals surface area (Å²) in [4.78, 5) is 0. The molecular formula is C10H18ClN3. The van der Waals surface area contributed by atoms with Gasteiger partial charge in [0.15, 0.2) is 0 Å². The van der Waals surface area contributed by atoms with Crippen molar-refractivity contribution >= 4 is 11.6 Å². The number of hydrogen-bond acceptors (Lipinski definition) is 2. The van der Waals surface area contributed by atoms with E-state index in [4.69, 9.17) is 11.6 Å². The van der Waals surface area contributed by atoms with Gasteiger partial charge in [-0.05, 0) is 5.92 Å². The summed E-state index contributed by atoms with van der Waals surface area (Å²) in [5, 5.41) is 8.26. The summed E-state index contributed by atoms with van der Waals surface area (Å²) in [7, 11) is 0. The minimum atomic E-state index is 0.401. The van der Waals surface area contributed by atoms with Gasteiger partial charge in [0.2, 0.25) is 0 Å². The molecule has 0 bridgehead atoms. The predicted molar refractivity (Wildman–Crippen MR) is 58.5 cm³/mol. The lowest BCUT2D eigenvalue weighted by molar-refractivity contribution is 0.489. The molecule has 0 atom stereocenters. The Hall–Kier alpha value is -0.570. The Morgan fingerprint density at radius 1 is 1.21 bits per heavy atom. The summed E-state index contributed by atoms with van der Waals surface area (Å²) in [5.74, 6) is 3.34. The molecule has 0 aromatic carbocycles. The van der Waals surface area contributed by atoms with Crippen molar-refractivity contribution in [2.75, 3.05) is 0 Å². The molecule has 3 nitrogen and oxygen atoms in total. The fourth-order valence-corrected chi connectivity index (χ4v) is 1.64. The third-order valence-electron chi connectivity index (χ3n) is 2.04. The Kier molecular flexibility index (Phi) is 3.93. The fourth-order valence-electron chi connectivity index (χ4n) is 1.44. The van der Waals surface area contributed by atoms with Gasteiger partial charge in [0.25, 0.3) is 0 Å². The van der Waals surface area contributed by atoms with Crippen LogP contribution < -0.4 is 0 Å². The maximum Gasteiger partial charge on any atom is 0.147 e. The van der Waals surface area contributed by atoms with Gasteiger partial charge in [0.05, 0.1) is 5.88 Å². The fraction of sp³-hybridized carbons (Fsp3) is 0.800. The van der Waals surface area contributed by atoms with Crippen LogP contribution in [0.1, 0.15) is 45.3 Å². The van der Waals surface area contributed by atoms with E-state index < -0.39 is 0 Å². The first-order valence-corrected chi connectivity index (χ1v) is 5.57. The molecule has 1 aromatic heterocycles. The maximum absolute atomic E-state index is 5.81. The van der Waals surface area contributed by atoms with Crippen LogP contribution in [-0.2, 0) is 12.4 Å². The average molecular weight is 216 g/mol.